The van der Waals surface area contributed by atoms with E-state index in [1.807, 2.05) is 6.07 Å². The van der Waals surface area contributed by atoms with E-state index in [2.05, 4.69) is 10.3 Å². The molecular weight excluding hydrogens is 348 g/mol. The summed E-state index contributed by atoms with van der Waals surface area (Å²) in [6.07, 6.45) is 1.79. The number of aromatic nitrogens is 2. The second-order valence-corrected chi connectivity index (χ2v) is 6.02. The second-order valence-electron chi connectivity index (χ2n) is 6.02. The molecular formula is C21H15F2N3O. The van der Waals surface area contributed by atoms with Crippen molar-refractivity contribution in [2.24, 2.45) is 0 Å². The minimum absolute atomic E-state index is 0.0588. The predicted molar refractivity (Wildman–Crippen MR) is 98.2 cm³/mol. The van der Waals surface area contributed by atoms with Crippen LogP contribution in [0.3, 0.4) is 0 Å². The minimum atomic E-state index is -0.407. The lowest BCUT2D eigenvalue weighted by Gasteiger charge is -2.05. The highest BCUT2D eigenvalue weighted by Gasteiger charge is 2.18. The Morgan fingerprint density at radius 2 is 1.70 bits per heavy atom. The summed E-state index contributed by atoms with van der Waals surface area (Å²) in [6, 6.07) is 17.6. The van der Waals surface area contributed by atoms with Gasteiger partial charge in [-0.2, -0.15) is 0 Å². The monoisotopic (exact) mass is 363 g/mol. The first-order chi connectivity index (χ1) is 13.1. The Labute approximate surface area is 154 Å². The molecule has 0 unspecified atom stereocenters. The number of hydrogen-bond donors (Lipinski definition) is 1. The minimum Gasteiger partial charge on any atom is -0.346 e. The first-order valence-corrected chi connectivity index (χ1v) is 8.38. The van der Waals surface area contributed by atoms with Gasteiger partial charge in [0, 0.05) is 23.9 Å². The van der Waals surface area contributed by atoms with Gasteiger partial charge >= 0.3 is 0 Å². The molecule has 2 aromatic carbocycles. The summed E-state index contributed by atoms with van der Waals surface area (Å²) in [4.78, 5) is 17.1. The normalized spacial score (nSPS) is 10.9. The molecule has 0 bridgehead atoms. The van der Waals surface area contributed by atoms with Crippen molar-refractivity contribution in [3.05, 3.63) is 95.8 Å². The average Bonchev–Trinajstić information content (AvgIpc) is 3.08. The van der Waals surface area contributed by atoms with Crippen molar-refractivity contribution in [3.8, 4) is 11.4 Å². The van der Waals surface area contributed by atoms with E-state index < -0.39 is 5.91 Å². The van der Waals surface area contributed by atoms with Gasteiger partial charge in [-0.05, 0) is 42.5 Å². The number of rotatable bonds is 4. The third kappa shape index (κ3) is 3.29. The number of amides is 1. The standard InChI is InChI=1S/C21H15F2N3O/c22-16-10-8-14(9-11-16)20-25-19(18-7-3-4-12-26(18)20)21(27)24-13-15-5-1-2-6-17(15)23/h1-12H,13H2,(H,24,27). The van der Waals surface area contributed by atoms with E-state index in [-0.39, 0.29) is 23.9 Å². The van der Waals surface area contributed by atoms with E-state index >= 15 is 0 Å². The third-order valence-electron chi connectivity index (χ3n) is 4.26. The Morgan fingerprint density at radius 3 is 2.48 bits per heavy atom. The van der Waals surface area contributed by atoms with Crippen LogP contribution in [0.15, 0.2) is 72.9 Å². The molecule has 0 saturated heterocycles. The Kier molecular flexibility index (Phi) is 4.38. The number of carbonyl (C=O) groups is 1. The van der Waals surface area contributed by atoms with Gasteiger partial charge in [0.2, 0.25) is 0 Å². The van der Waals surface area contributed by atoms with Gasteiger partial charge < -0.3 is 5.32 Å². The lowest BCUT2D eigenvalue weighted by molar-refractivity contribution is 0.0948. The Morgan fingerprint density at radius 1 is 0.963 bits per heavy atom. The van der Waals surface area contributed by atoms with Gasteiger partial charge in [-0.1, -0.05) is 24.3 Å². The Hall–Kier alpha value is -3.54. The molecule has 0 spiro atoms. The molecule has 0 aliphatic carbocycles. The van der Waals surface area contributed by atoms with Gasteiger partial charge in [-0.25, -0.2) is 13.8 Å². The Balaban J connectivity index is 1.68. The summed E-state index contributed by atoms with van der Waals surface area (Å²) < 4.78 is 28.7. The number of imidazole rings is 1. The molecule has 2 heterocycles. The first-order valence-electron chi connectivity index (χ1n) is 8.38. The maximum absolute atomic E-state index is 13.8. The summed E-state index contributed by atoms with van der Waals surface area (Å²) in [5.41, 5.74) is 1.92. The van der Waals surface area contributed by atoms with E-state index in [0.717, 1.165) is 0 Å². The lowest BCUT2D eigenvalue weighted by Crippen LogP contribution is -2.23. The molecule has 0 radical (unpaired) electrons. The number of carbonyl (C=O) groups excluding carboxylic acids is 1. The quantitative estimate of drug-likeness (QED) is 0.590. The van der Waals surface area contributed by atoms with Crippen molar-refractivity contribution >= 4 is 11.4 Å². The molecule has 0 saturated carbocycles. The molecule has 0 fully saturated rings. The highest BCUT2D eigenvalue weighted by molar-refractivity contribution is 6.00. The van der Waals surface area contributed by atoms with E-state index in [9.17, 15) is 13.6 Å². The maximum atomic E-state index is 13.8. The van der Waals surface area contributed by atoms with E-state index in [4.69, 9.17) is 0 Å². The predicted octanol–water partition coefficient (Wildman–Crippen LogP) is 4.21. The second kappa shape index (κ2) is 6.99. The van der Waals surface area contributed by atoms with Crippen LogP contribution in [0.1, 0.15) is 16.1 Å². The number of hydrogen-bond acceptors (Lipinski definition) is 2. The fourth-order valence-corrected chi connectivity index (χ4v) is 2.91. The molecule has 27 heavy (non-hydrogen) atoms. The highest BCUT2D eigenvalue weighted by atomic mass is 19.1. The number of halogens is 2. The summed E-state index contributed by atoms with van der Waals surface area (Å²) in [5.74, 6) is -0.598. The molecule has 1 N–H and O–H groups in total. The average molecular weight is 363 g/mol. The van der Waals surface area contributed by atoms with Crippen LogP contribution in [0.4, 0.5) is 8.78 Å². The van der Waals surface area contributed by atoms with Crippen molar-refractivity contribution in [2.75, 3.05) is 0 Å². The summed E-state index contributed by atoms with van der Waals surface area (Å²) in [5, 5.41) is 2.71. The number of fused-ring (bicyclic) bond motifs is 1. The Bertz CT molecular complexity index is 1120. The van der Waals surface area contributed by atoms with Gasteiger partial charge in [0.25, 0.3) is 5.91 Å². The zero-order valence-electron chi connectivity index (χ0n) is 14.2. The molecule has 0 aliphatic rings. The zero-order chi connectivity index (χ0) is 18.8. The molecule has 4 aromatic rings. The van der Waals surface area contributed by atoms with Crippen LogP contribution in [-0.2, 0) is 6.54 Å². The molecule has 4 nitrogen and oxygen atoms in total. The van der Waals surface area contributed by atoms with Gasteiger partial charge in [0.1, 0.15) is 17.5 Å². The van der Waals surface area contributed by atoms with E-state index in [1.165, 1.54) is 18.2 Å². The number of benzene rings is 2. The van der Waals surface area contributed by atoms with Crippen molar-refractivity contribution in [1.82, 2.24) is 14.7 Å². The van der Waals surface area contributed by atoms with Crippen LogP contribution in [0.25, 0.3) is 16.9 Å². The van der Waals surface area contributed by atoms with Gasteiger partial charge in [-0.3, -0.25) is 9.20 Å². The van der Waals surface area contributed by atoms with Crippen LogP contribution >= 0.6 is 0 Å². The fourth-order valence-electron chi connectivity index (χ4n) is 2.91. The maximum Gasteiger partial charge on any atom is 0.272 e. The summed E-state index contributed by atoms with van der Waals surface area (Å²) >= 11 is 0. The zero-order valence-corrected chi connectivity index (χ0v) is 14.2. The molecule has 6 heteroatoms. The number of pyridine rings is 1. The molecule has 1 amide bonds. The number of nitrogens with zero attached hydrogens (tertiary/aromatic N) is 2. The van der Waals surface area contributed by atoms with E-state index in [1.54, 1.807) is 53.1 Å². The molecule has 2 aromatic heterocycles. The summed E-state index contributed by atoms with van der Waals surface area (Å²) in [7, 11) is 0. The fraction of sp³-hybridized carbons (Fsp3) is 0.0476. The largest absolute Gasteiger partial charge is 0.346 e. The number of nitrogens with one attached hydrogen (secondary N) is 1. The molecule has 4 rings (SSSR count). The van der Waals surface area contributed by atoms with Crippen LogP contribution in [0.5, 0.6) is 0 Å². The topological polar surface area (TPSA) is 46.4 Å². The summed E-state index contributed by atoms with van der Waals surface area (Å²) in [6.45, 7) is 0.0588. The molecule has 0 atom stereocenters. The SMILES string of the molecule is O=C(NCc1ccccc1F)c1nc(-c2ccc(F)cc2)n2ccccc12. The lowest BCUT2D eigenvalue weighted by atomic mass is 10.2. The molecule has 134 valence electrons. The van der Waals surface area contributed by atoms with Gasteiger partial charge in [-0.15, -0.1) is 0 Å². The highest BCUT2D eigenvalue weighted by Crippen LogP contribution is 2.23. The van der Waals surface area contributed by atoms with Crippen LogP contribution in [0.2, 0.25) is 0 Å². The van der Waals surface area contributed by atoms with Gasteiger partial charge in [0.15, 0.2) is 5.69 Å². The van der Waals surface area contributed by atoms with Crippen LogP contribution in [0, 0.1) is 11.6 Å². The van der Waals surface area contributed by atoms with Crippen molar-refractivity contribution in [1.29, 1.82) is 0 Å². The smallest absolute Gasteiger partial charge is 0.272 e. The molecule has 0 aliphatic heterocycles. The van der Waals surface area contributed by atoms with Crippen molar-refractivity contribution in [3.63, 3.8) is 0 Å². The van der Waals surface area contributed by atoms with Gasteiger partial charge in [0.05, 0.1) is 5.52 Å². The first kappa shape index (κ1) is 16.9. The van der Waals surface area contributed by atoms with Crippen LogP contribution in [-0.4, -0.2) is 15.3 Å². The van der Waals surface area contributed by atoms with Crippen LogP contribution < -0.4 is 5.32 Å². The van der Waals surface area contributed by atoms with Crippen molar-refractivity contribution < 1.29 is 13.6 Å². The van der Waals surface area contributed by atoms with Crippen molar-refractivity contribution in [2.45, 2.75) is 6.54 Å². The third-order valence-corrected chi connectivity index (χ3v) is 4.26. The van der Waals surface area contributed by atoms with E-state index in [0.29, 0.717) is 22.5 Å².